The third-order valence-electron chi connectivity index (χ3n) is 3.55. The molecule has 1 unspecified atom stereocenters. The molecular weight excluding hydrogens is 340 g/mol. The van der Waals surface area contributed by atoms with Crippen LogP contribution in [0.5, 0.6) is 11.6 Å². The summed E-state index contributed by atoms with van der Waals surface area (Å²) in [5.74, 6) is -3.11. The van der Waals surface area contributed by atoms with Gasteiger partial charge in [0, 0.05) is 20.3 Å². The summed E-state index contributed by atoms with van der Waals surface area (Å²) in [6, 6.07) is 6.12. The maximum Gasteiger partial charge on any atom is 0.395 e. The highest BCUT2D eigenvalue weighted by atomic mass is 19.4. The molecule has 0 fully saturated rings. The molecule has 8 heteroatoms. The van der Waals surface area contributed by atoms with E-state index in [-0.39, 0.29) is 22.8 Å². The number of rotatable bonds is 4. The second-order valence-corrected chi connectivity index (χ2v) is 5.64. The van der Waals surface area contributed by atoms with Crippen LogP contribution in [0, 0.1) is 5.82 Å². The van der Waals surface area contributed by atoms with Crippen molar-refractivity contribution < 1.29 is 27.1 Å². The smallest absolute Gasteiger partial charge is 0.395 e. The lowest BCUT2D eigenvalue weighted by atomic mass is 10.0. The van der Waals surface area contributed by atoms with Gasteiger partial charge in [0.2, 0.25) is 0 Å². The second kappa shape index (κ2) is 7.08. The van der Waals surface area contributed by atoms with Gasteiger partial charge in [-0.1, -0.05) is 12.1 Å². The molecule has 134 valence electrons. The Morgan fingerprint density at radius 1 is 1.20 bits per heavy atom. The molecule has 1 heterocycles. The van der Waals surface area contributed by atoms with Crippen LogP contribution in [0.3, 0.4) is 0 Å². The van der Waals surface area contributed by atoms with E-state index in [9.17, 15) is 22.4 Å². The second-order valence-electron chi connectivity index (χ2n) is 5.64. The molecule has 0 saturated carbocycles. The normalized spacial score (nSPS) is 12.6. The van der Waals surface area contributed by atoms with Gasteiger partial charge in [0.1, 0.15) is 5.75 Å². The van der Waals surface area contributed by atoms with Gasteiger partial charge in [-0.25, -0.2) is 9.37 Å². The van der Waals surface area contributed by atoms with Crippen LogP contribution in [-0.4, -0.2) is 36.1 Å². The molecule has 0 N–H and O–H groups in total. The van der Waals surface area contributed by atoms with Gasteiger partial charge in [-0.2, -0.15) is 13.2 Å². The van der Waals surface area contributed by atoms with Gasteiger partial charge in [-0.15, -0.1) is 0 Å². The number of pyridine rings is 1. The van der Waals surface area contributed by atoms with Crippen molar-refractivity contribution in [3.8, 4) is 11.6 Å². The van der Waals surface area contributed by atoms with Crippen LogP contribution < -0.4 is 4.74 Å². The Kier molecular flexibility index (Phi) is 5.30. The first-order valence-electron chi connectivity index (χ1n) is 7.31. The molecule has 0 saturated heterocycles. The minimum atomic E-state index is -4.34. The van der Waals surface area contributed by atoms with Crippen LogP contribution in [-0.2, 0) is 0 Å². The fraction of sp³-hybridized carbons (Fsp3) is 0.294. The number of amides is 1. The van der Waals surface area contributed by atoms with E-state index in [2.05, 4.69) is 4.98 Å². The molecule has 0 spiro atoms. The van der Waals surface area contributed by atoms with Crippen molar-refractivity contribution in [3.05, 3.63) is 53.5 Å². The first kappa shape index (κ1) is 18.7. The highest BCUT2D eigenvalue weighted by Gasteiger charge is 2.36. The zero-order chi connectivity index (χ0) is 18.8. The summed E-state index contributed by atoms with van der Waals surface area (Å²) in [5, 5.41) is 0. The molecule has 1 aromatic heterocycles. The average molecular weight is 356 g/mol. The van der Waals surface area contributed by atoms with Crippen molar-refractivity contribution in [3.63, 3.8) is 0 Å². The van der Waals surface area contributed by atoms with Gasteiger partial charge in [-0.3, -0.25) is 4.79 Å². The third-order valence-corrected chi connectivity index (χ3v) is 3.55. The Morgan fingerprint density at radius 2 is 1.80 bits per heavy atom. The average Bonchev–Trinajstić information content (AvgIpc) is 2.55. The Hall–Kier alpha value is -2.64. The van der Waals surface area contributed by atoms with E-state index in [1.807, 2.05) is 0 Å². The van der Waals surface area contributed by atoms with Crippen LogP contribution in [0.25, 0.3) is 0 Å². The Labute approximate surface area is 142 Å². The number of carbonyl (C=O) groups is 1. The van der Waals surface area contributed by atoms with Crippen molar-refractivity contribution in [2.75, 3.05) is 14.1 Å². The lowest BCUT2D eigenvalue weighted by Gasteiger charge is -2.16. The largest absolute Gasteiger partial charge is 0.436 e. The zero-order valence-electron chi connectivity index (χ0n) is 13.8. The lowest BCUT2D eigenvalue weighted by Crippen LogP contribution is -2.22. The number of carbonyl (C=O) groups excluding carboxylic acids is 1. The number of benzene rings is 1. The highest BCUT2D eigenvalue weighted by Crippen LogP contribution is 2.35. The molecule has 0 bridgehead atoms. The molecule has 2 aromatic rings. The molecule has 0 radical (unpaired) electrons. The van der Waals surface area contributed by atoms with E-state index in [4.69, 9.17) is 4.74 Å². The Balaban J connectivity index is 2.16. The Morgan fingerprint density at radius 3 is 2.28 bits per heavy atom. The predicted molar refractivity (Wildman–Crippen MR) is 83.2 cm³/mol. The standard InChI is InChI=1S/C17H16F4N2O2/c1-10(17(19,20)21)11-4-6-13(7-5-11)25-15-14(18)8-12(9-22-15)16(24)23(2)3/h4-10H,1-3H3. The quantitative estimate of drug-likeness (QED) is 0.764. The predicted octanol–water partition coefficient (Wildman–Crippen LogP) is 4.38. The molecule has 4 nitrogen and oxygen atoms in total. The van der Waals surface area contributed by atoms with Gasteiger partial charge in [0.05, 0.1) is 11.5 Å². The molecule has 2 rings (SSSR count). The van der Waals surface area contributed by atoms with Crippen LogP contribution >= 0.6 is 0 Å². The number of alkyl halides is 3. The molecule has 1 aromatic carbocycles. The molecule has 0 aliphatic heterocycles. The minimum Gasteiger partial charge on any atom is -0.436 e. The van der Waals surface area contributed by atoms with E-state index in [0.29, 0.717) is 0 Å². The van der Waals surface area contributed by atoms with Crippen LogP contribution in [0.4, 0.5) is 17.6 Å². The lowest BCUT2D eigenvalue weighted by molar-refractivity contribution is -0.146. The summed E-state index contributed by atoms with van der Waals surface area (Å²) >= 11 is 0. The molecule has 0 aliphatic rings. The van der Waals surface area contributed by atoms with Crippen molar-refractivity contribution in [1.29, 1.82) is 0 Å². The summed E-state index contributed by atoms with van der Waals surface area (Å²) in [5.41, 5.74) is 0.129. The van der Waals surface area contributed by atoms with Crippen molar-refractivity contribution in [2.24, 2.45) is 0 Å². The van der Waals surface area contributed by atoms with Crippen molar-refractivity contribution >= 4 is 5.91 Å². The number of hydrogen-bond donors (Lipinski definition) is 0. The van der Waals surface area contributed by atoms with Gasteiger partial charge >= 0.3 is 6.18 Å². The summed E-state index contributed by atoms with van der Waals surface area (Å²) in [6.07, 6.45) is -3.17. The monoisotopic (exact) mass is 356 g/mol. The van der Waals surface area contributed by atoms with E-state index >= 15 is 0 Å². The Bertz CT molecular complexity index is 758. The molecule has 25 heavy (non-hydrogen) atoms. The number of nitrogens with zero attached hydrogens (tertiary/aromatic N) is 2. The fourth-order valence-electron chi connectivity index (χ4n) is 2.00. The van der Waals surface area contributed by atoms with E-state index in [0.717, 1.165) is 13.0 Å². The molecule has 1 amide bonds. The maximum atomic E-state index is 14.0. The van der Waals surface area contributed by atoms with Gasteiger partial charge in [-0.05, 0) is 30.7 Å². The SMILES string of the molecule is CC(c1ccc(Oc2ncc(C(=O)N(C)C)cc2F)cc1)C(F)(F)F. The zero-order valence-corrected chi connectivity index (χ0v) is 13.8. The van der Waals surface area contributed by atoms with E-state index in [1.54, 1.807) is 0 Å². The number of hydrogen-bond acceptors (Lipinski definition) is 3. The van der Waals surface area contributed by atoms with Crippen LogP contribution in [0.15, 0.2) is 36.5 Å². The van der Waals surface area contributed by atoms with Crippen LogP contribution in [0.1, 0.15) is 28.8 Å². The summed E-state index contributed by atoms with van der Waals surface area (Å²) in [7, 11) is 3.04. The topological polar surface area (TPSA) is 42.4 Å². The molecular formula is C17H16F4N2O2. The van der Waals surface area contributed by atoms with E-state index in [1.165, 1.54) is 49.5 Å². The summed E-state index contributed by atoms with van der Waals surface area (Å²) < 4.78 is 57.3. The maximum absolute atomic E-state index is 14.0. The van der Waals surface area contributed by atoms with Crippen LogP contribution in [0.2, 0.25) is 0 Å². The third kappa shape index (κ3) is 4.46. The molecule has 1 atom stereocenters. The van der Waals surface area contributed by atoms with Gasteiger partial charge in [0.25, 0.3) is 11.8 Å². The van der Waals surface area contributed by atoms with Gasteiger partial charge < -0.3 is 9.64 Å². The number of ether oxygens (including phenoxy) is 1. The van der Waals surface area contributed by atoms with Crippen molar-refractivity contribution in [1.82, 2.24) is 9.88 Å². The minimum absolute atomic E-state index is 0.0594. The van der Waals surface area contributed by atoms with Crippen molar-refractivity contribution in [2.45, 2.75) is 19.0 Å². The summed E-state index contributed by atoms with van der Waals surface area (Å²) in [6.45, 7) is 1.05. The fourth-order valence-corrected chi connectivity index (χ4v) is 2.00. The first-order chi connectivity index (χ1) is 11.6. The van der Waals surface area contributed by atoms with E-state index < -0.39 is 23.8 Å². The highest BCUT2D eigenvalue weighted by molar-refractivity contribution is 5.93. The summed E-state index contributed by atoms with van der Waals surface area (Å²) in [4.78, 5) is 16.8. The molecule has 0 aliphatic carbocycles. The van der Waals surface area contributed by atoms with Gasteiger partial charge in [0.15, 0.2) is 5.82 Å². The number of halogens is 4. The number of aromatic nitrogens is 1. The first-order valence-corrected chi connectivity index (χ1v) is 7.31.